The van der Waals surface area contributed by atoms with Gasteiger partial charge in [-0.05, 0) is 37.5 Å². The van der Waals surface area contributed by atoms with Gasteiger partial charge in [0.05, 0.1) is 7.11 Å². The molecule has 3 nitrogen and oxygen atoms in total. The minimum Gasteiger partial charge on any atom is -0.496 e. The lowest BCUT2D eigenvalue weighted by molar-refractivity contribution is -0.127. The number of amides is 1. The number of alkyl halides is 1. The Kier molecular flexibility index (Phi) is 5.03. The Morgan fingerprint density at radius 3 is 2.44 bits per heavy atom. The van der Waals surface area contributed by atoms with Gasteiger partial charge in [-0.15, -0.1) is 11.6 Å². The van der Waals surface area contributed by atoms with Crippen LogP contribution in [0.15, 0.2) is 6.07 Å². The molecule has 0 aliphatic heterocycles. The number of halogens is 1. The lowest BCUT2D eigenvalue weighted by atomic mass is 9.98. The van der Waals surface area contributed by atoms with Crippen LogP contribution in [0.1, 0.15) is 22.3 Å². The van der Waals surface area contributed by atoms with E-state index >= 15 is 0 Å². The maximum Gasteiger partial charge on any atom is 0.237 e. The molecule has 0 aliphatic rings. The number of carbonyl (C=O) groups is 1. The third-order valence-corrected chi connectivity index (χ3v) is 3.48. The maximum absolute atomic E-state index is 11.5. The summed E-state index contributed by atoms with van der Waals surface area (Å²) in [6.07, 6.45) is 0. The molecule has 1 aromatic carbocycles. The van der Waals surface area contributed by atoms with Gasteiger partial charge in [0.25, 0.3) is 0 Å². The Labute approximate surface area is 114 Å². The van der Waals surface area contributed by atoms with Crippen molar-refractivity contribution in [1.82, 2.24) is 4.90 Å². The SMILES string of the molecule is COc1c(C)c(C)cc(C)c1CN(C)C(=O)CCl. The summed E-state index contributed by atoms with van der Waals surface area (Å²) in [6.45, 7) is 6.63. The fourth-order valence-electron chi connectivity index (χ4n) is 2.00. The van der Waals surface area contributed by atoms with Crippen LogP contribution in [-0.2, 0) is 11.3 Å². The van der Waals surface area contributed by atoms with Crippen molar-refractivity contribution >= 4 is 17.5 Å². The maximum atomic E-state index is 11.5. The van der Waals surface area contributed by atoms with Gasteiger partial charge in [0, 0.05) is 19.2 Å². The Morgan fingerprint density at radius 1 is 1.33 bits per heavy atom. The molecule has 1 amide bonds. The molecule has 0 unspecified atom stereocenters. The monoisotopic (exact) mass is 269 g/mol. The van der Waals surface area contributed by atoms with Crippen molar-refractivity contribution in [3.05, 3.63) is 28.3 Å². The second-order valence-corrected chi connectivity index (χ2v) is 4.80. The topological polar surface area (TPSA) is 29.5 Å². The highest BCUT2D eigenvalue weighted by Gasteiger charge is 2.16. The fraction of sp³-hybridized carbons (Fsp3) is 0.500. The molecule has 1 rings (SSSR count). The van der Waals surface area contributed by atoms with E-state index in [1.165, 1.54) is 5.56 Å². The molecule has 4 heteroatoms. The van der Waals surface area contributed by atoms with Gasteiger partial charge < -0.3 is 9.64 Å². The standard InChI is InChI=1S/C14H20ClNO2/c1-9-6-10(2)12(14(18-5)11(9)3)8-16(4)13(17)7-15/h6H,7-8H2,1-5H3. The van der Waals surface area contributed by atoms with E-state index in [9.17, 15) is 4.79 Å². The molecule has 0 spiro atoms. The number of hydrogen-bond donors (Lipinski definition) is 0. The lowest BCUT2D eigenvalue weighted by Gasteiger charge is -2.21. The van der Waals surface area contributed by atoms with E-state index in [0.717, 1.165) is 22.4 Å². The predicted octanol–water partition coefficient (Wildman–Crippen LogP) is 2.82. The molecule has 0 aromatic heterocycles. The highest BCUT2D eigenvalue weighted by molar-refractivity contribution is 6.27. The molecule has 0 saturated heterocycles. The van der Waals surface area contributed by atoms with Crippen LogP contribution in [-0.4, -0.2) is 30.8 Å². The first-order valence-corrected chi connectivity index (χ1v) is 6.39. The van der Waals surface area contributed by atoms with Gasteiger partial charge >= 0.3 is 0 Å². The summed E-state index contributed by atoms with van der Waals surface area (Å²) in [6, 6.07) is 2.12. The molecule has 0 aliphatic carbocycles. The van der Waals surface area contributed by atoms with Crippen LogP contribution < -0.4 is 4.74 Å². The fourth-order valence-corrected chi connectivity index (χ4v) is 2.21. The molecule has 0 N–H and O–H groups in total. The molecule has 100 valence electrons. The zero-order valence-corrected chi connectivity index (χ0v) is 12.4. The average Bonchev–Trinajstić information content (AvgIpc) is 2.35. The van der Waals surface area contributed by atoms with Crippen LogP contribution in [0.2, 0.25) is 0 Å². The van der Waals surface area contributed by atoms with Crippen molar-refractivity contribution in [2.75, 3.05) is 20.0 Å². The zero-order chi connectivity index (χ0) is 13.9. The number of benzene rings is 1. The van der Waals surface area contributed by atoms with Crippen molar-refractivity contribution < 1.29 is 9.53 Å². The van der Waals surface area contributed by atoms with E-state index in [1.54, 1.807) is 19.1 Å². The van der Waals surface area contributed by atoms with Gasteiger partial charge in [-0.3, -0.25) is 4.79 Å². The lowest BCUT2D eigenvalue weighted by Crippen LogP contribution is -2.27. The van der Waals surface area contributed by atoms with E-state index < -0.39 is 0 Å². The Hall–Kier alpha value is -1.22. The van der Waals surface area contributed by atoms with Crippen molar-refractivity contribution in [3.63, 3.8) is 0 Å². The van der Waals surface area contributed by atoms with Crippen molar-refractivity contribution in [2.45, 2.75) is 27.3 Å². The quantitative estimate of drug-likeness (QED) is 0.787. The number of hydrogen-bond acceptors (Lipinski definition) is 2. The van der Waals surface area contributed by atoms with Gasteiger partial charge in [0.15, 0.2) is 0 Å². The smallest absolute Gasteiger partial charge is 0.237 e. The summed E-state index contributed by atoms with van der Waals surface area (Å²) in [5.41, 5.74) is 4.48. The number of rotatable bonds is 4. The Bertz CT molecular complexity index is 458. The molecule has 0 fully saturated rings. The van der Waals surface area contributed by atoms with Gasteiger partial charge in [0.2, 0.25) is 5.91 Å². The minimum absolute atomic E-state index is 0.00269. The molecule has 0 atom stereocenters. The molecule has 0 radical (unpaired) electrons. The molecular formula is C14H20ClNO2. The van der Waals surface area contributed by atoms with E-state index in [2.05, 4.69) is 13.0 Å². The first kappa shape index (κ1) is 14.8. The average molecular weight is 270 g/mol. The van der Waals surface area contributed by atoms with Gasteiger partial charge in [-0.2, -0.15) is 0 Å². The normalized spacial score (nSPS) is 10.3. The molecule has 0 heterocycles. The van der Waals surface area contributed by atoms with Crippen molar-refractivity contribution in [1.29, 1.82) is 0 Å². The summed E-state index contributed by atoms with van der Waals surface area (Å²) < 4.78 is 5.48. The summed E-state index contributed by atoms with van der Waals surface area (Å²) >= 11 is 5.56. The minimum atomic E-state index is -0.0867. The Balaban J connectivity index is 3.16. The summed E-state index contributed by atoms with van der Waals surface area (Å²) in [7, 11) is 3.41. The number of ether oxygens (including phenoxy) is 1. The number of nitrogens with zero attached hydrogens (tertiary/aromatic N) is 1. The zero-order valence-electron chi connectivity index (χ0n) is 11.6. The van der Waals surface area contributed by atoms with Crippen molar-refractivity contribution in [3.8, 4) is 5.75 Å². The van der Waals surface area contributed by atoms with E-state index in [-0.39, 0.29) is 11.8 Å². The largest absolute Gasteiger partial charge is 0.496 e. The van der Waals surface area contributed by atoms with Gasteiger partial charge in [0.1, 0.15) is 11.6 Å². The molecular weight excluding hydrogens is 250 g/mol. The van der Waals surface area contributed by atoms with E-state index in [0.29, 0.717) is 6.54 Å². The van der Waals surface area contributed by atoms with E-state index in [4.69, 9.17) is 16.3 Å². The van der Waals surface area contributed by atoms with Crippen LogP contribution in [0.3, 0.4) is 0 Å². The van der Waals surface area contributed by atoms with Gasteiger partial charge in [-0.1, -0.05) is 6.07 Å². The molecule has 0 bridgehead atoms. The summed E-state index contributed by atoms with van der Waals surface area (Å²) in [5, 5.41) is 0. The van der Waals surface area contributed by atoms with E-state index in [1.807, 2.05) is 13.8 Å². The highest BCUT2D eigenvalue weighted by atomic mass is 35.5. The third kappa shape index (κ3) is 2.96. The third-order valence-electron chi connectivity index (χ3n) is 3.25. The second-order valence-electron chi connectivity index (χ2n) is 4.53. The summed E-state index contributed by atoms with van der Waals surface area (Å²) in [5.74, 6) is 0.779. The molecule has 1 aromatic rings. The number of carbonyl (C=O) groups excluding carboxylic acids is 1. The van der Waals surface area contributed by atoms with Crippen molar-refractivity contribution in [2.24, 2.45) is 0 Å². The van der Waals surface area contributed by atoms with Gasteiger partial charge in [-0.25, -0.2) is 0 Å². The predicted molar refractivity (Wildman–Crippen MR) is 74.4 cm³/mol. The van der Waals surface area contributed by atoms with Crippen LogP contribution >= 0.6 is 11.6 Å². The highest BCUT2D eigenvalue weighted by Crippen LogP contribution is 2.30. The van der Waals surface area contributed by atoms with Crippen LogP contribution in [0, 0.1) is 20.8 Å². The van der Waals surface area contributed by atoms with Crippen LogP contribution in [0.25, 0.3) is 0 Å². The summed E-state index contributed by atoms with van der Waals surface area (Å²) in [4.78, 5) is 13.1. The molecule has 18 heavy (non-hydrogen) atoms. The number of aryl methyl sites for hydroxylation is 2. The Morgan fingerprint density at radius 2 is 1.94 bits per heavy atom. The first-order chi connectivity index (χ1) is 8.42. The molecule has 0 saturated carbocycles. The number of methoxy groups -OCH3 is 1. The first-order valence-electron chi connectivity index (χ1n) is 5.86. The second kappa shape index (κ2) is 6.10. The van der Waals surface area contributed by atoms with Crippen LogP contribution in [0.5, 0.6) is 5.75 Å². The van der Waals surface area contributed by atoms with Crippen LogP contribution in [0.4, 0.5) is 0 Å².